The summed E-state index contributed by atoms with van der Waals surface area (Å²) in [6.07, 6.45) is 5.70. The van der Waals surface area contributed by atoms with Gasteiger partial charge in [0, 0.05) is 46.9 Å². The lowest BCUT2D eigenvalue weighted by molar-refractivity contribution is 0.103. The molecule has 0 atom stereocenters. The molecule has 0 aliphatic carbocycles. The summed E-state index contributed by atoms with van der Waals surface area (Å²) in [4.78, 5) is 27.6. The summed E-state index contributed by atoms with van der Waals surface area (Å²) >= 11 is 0. The predicted molar refractivity (Wildman–Crippen MR) is 131 cm³/mol. The molecule has 0 saturated carbocycles. The number of halogens is 3. The minimum absolute atomic E-state index is 0.115. The number of H-pyrrole nitrogens is 1. The Bertz CT molecular complexity index is 1810. The van der Waals surface area contributed by atoms with E-state index in [2.05, 4.69) is 19.9 Å². The number of fused-ring (bicyclic) bond motifs is 1. The van der Waals surface area contributed by atoms with Crippen LogP contribution in [0.4, 0.5) is 18.9 Å². The van der Waals surface area contributed by atoms with Crippen LogP contribution in [-0.4, -0.2) is 41.2 Å². The lowest BCUT2D eigenvalue weighted by Gasteiger charge is -2.12. The number of hydrogen-bond donors (Lipinski definition) is 2. The Morgan fingerprint density at radius 3 is 2.37 bits per heavy atom. The molecule has 5 rings (SSSR count). The Hall–Kier alpha value is -4.78. The zero-order chi connectivity index (χ0) is 27.0. The lowest BCUT2D eigenvalue weighted by atomic mass is 10.0. The van der Waals surface area contributed by atoms with Gasteiger partial charge in [-0.1, -0.05) is 12.1 Å². The van der Waals surface area contributed by atoms with E-state index in [0.717, 1.165) is 24.3 Å². The maximum absolute atomic E-state index is 15.4. The molecule has 2 N–H and O–H groups in total. The van der Waals surface area contributed by atoms with Crippen LogP contribution in [0.5, 0.6) is 6.01 Å². The van der Waals surface area contributed by atoms with Gasteiger partial charge in [0.05, 0.1) is 18.4 Å². The second-order valence-corrected chi connectivity index (χ2v) is 9.58. The molecule has 0 aliphatic heterocycles. The average molecular weight is 539 g/mol. The zero-order valence-electron chi connectivity index (χ0n) is 19.4. The van der Waals surface area contributed by atoms with Crippen LogP contribution in [0.25, 0.3) is 22.2 Å². The number of aromatic nitrogens is 4. The number of ketones is 1. The van der Waals surface area contributed by atoms with Crippen molar-refractivity contribution >= 4 is 32.5 Å². The first-order valence-corrected chi connectivity index (χ1v) is 12.3. The zero-order valence-corrected chi connectivity index (χ0v) is 20.2. The van der Waals surface area contributed by atoms with Crippen LogP contribution in [0.3, 0.4) is 0 Å². The first-order chi connectivity index (χ1) is 18.2. The van der Waals surface area contributed by atoms with Crippen molar-refractivity contribution in [2.24, 2.45) is 0 Å². The second-order valence-electron chi connectivity index (χ2n) is 7.93. The molecule has 192 valence electrons. The monoisotopic (exact) mass is 539 g/mol. The van der Waals surface area contributed by atoms with Gasteiger partial charge in [-0.15, -0.1) is 0 Å². The smallest absolute Gasteiger partial charge is 0.316 e. The summed E-state index contributed by atoms with van der Waals surface area (Å²) in [5.41, 5.74) is -0.521. The molecule has 0 unspecified atom stereocenters. The number of pyridine rings is 1. The van der Waals surface area contributed by atoms with Gasteiger partial charge in [-0.25, -0.2) is 36.5 Å². The molecular formula is C25H16F3N5O4S. The summed E-state index contributed by atoms with van der Waals surface area (Å²) < 4.78 is 76.3. The number of carbonyl (C=O) groups excluding carboxylic acids is 1. The summed E-state index contributed by atoms with van der Waals surface area (Å²) in [7, 11) is -3.17. The van der Waals surface area contributed by atoms with Crippen LogP contribution in [-0.2, 0) is 10.0 Å². The largest absolute Gasteiger partial charge is 0.467 e. The van der Waals surface area contributed by atoms with Gasteiger partial charge in [0.1, 0.15) is 22.2 Å². The Labute approximate surface area is 213 Å². The second kappa shape index (κ2) is 9.59. The number of rotatable bonds is 7. The minimum Gasteiger partial charge on any atom is -0.467 e. The molecule has 13 heteroatoms. The number of sulfonamides is 1. The number of methoxy groups -OCH3 is 1. The number of nitrogens with zero attached hydrogens (tertiary/aromatic N) is 3. The van der Waals surface area contributed by atoms with E-state index < -0.39 is 49.4 Å². The van der Waals surface area contributed by atoms with Crippen LogP contribution >= 0.6 is 0 Å². The molecular weight excluding hydrogens is 523 g/mol. The number of hydrogen-bond acceptors (Lipinski definition) is 7. The van der Waals surface area contributed by atoms with Crippen LogP contribution in [0, 0.1) is 17.5 Å². The quantitative estimate of drug-likeness (QED) is 0.292. The van der Waals surface area contributed by atoms with E-state index >= 15 is 4.39 Å². The molecule has 0 fully saturated rings. The topological polar surface area (TPSA) is 127 Å². The SMILES string of the molecule is COc1ncc(-c2cnc3[nH]cc(C(=O)c4c(F)ccc(NS(=O)(=O)c5ccccc5F)c4F)c3c2)cn1. The molecule has 38 heavy (non-hydrogen) atoms. The highest BCUT2D eigenvalue weighted by molar-refractivity contribution is 7.92. The van der Waals surface area contributed by atoms with Crippen molar-refractivity contribution in [3.05, 3.63) is 95.8 Å². The van der Waals surface area contributed by atoms with Crippen molar-refractivity contribution in [2.45, 2.75) is 4.90 Å². The van der Waals surface area contributed by atoms with E-state index in [1.54, 1.807) is 6.07 Å². The van der Waals surface area contributed by atoms with Gasteiger partial charge >= 0.3 is 6.01 Å². The maximum atomic E-state index is 15.4. The van der Waals surface area contributed by atoms with Crippen molar-refractivity contribution in [3.8, 4) is 17.1 Å². The number of nitrogens with one attached hydrogen (secondary N) is 2. The fourth-order valence-electron chi connectivity index (χ4n) is 3.76. The predicted octanol–water partition coefficient (Wildman–Crippen LogP) is 4.48. The summed E-state index contributed by atoms with van der Waals surface area (Å²) in [5.74, 6) is -4.81. The summed E-state index contributed by atoms with van der Waals surface area (Å²) in [6.45, 7) is 0. The van der Waals surface area contributed by atoms with Gasteiger partial charge in [-0.3, -0.25) is 9.52 Å². The number of ether oxygens (including phenoxy) is 1. The summed E-state index contributed by atoms with van der Waals surface area (Å²) in [5, 5.41) is 0.249. The molecule has 0 bridgehead atoms. The van der Waals surface area contributed by atoms with Gasteiger partial charge in [0.2, 0.25) is 5.78 Å². The van der Waals surface area contributed by atoms with E-state index in [0.29, 0.717) is 11.1 Å². The van der Waals surface area contributed by atoms with Crippen molar-refractivity contribution in [1.82, 2.24) is 19.9 Å². The maximum Gasteiger partial charge on any atom is 0.316 e. The van der Waals surface area contributed by atoms with Gasteiger partial charge in [-0.05, 0) is 30.3 Å². The number of carbonyl (C=O) groups is 1. The Kier molecular flexibility index (Phi) is 6.28. The third-order valence-electron chi connectivity index (χ3n) is 5.61. The Balaban J connectivity index is 1.54. The molecule has 2 aromatic carbocycles. The molecule has 0 spiro atoms. The average Bonchev–Trinajstić information content (AvgIpc) is 3.34. The fourth-order valence-corrected chi connectivity index (χ4v) is 4.90. The van der Waals surface area contributed by atoms with Gasteiger partial charge in [0.25, 0.3) is 10.0 Å². The van der Waals surface area contributed by atoms with Crippen molar-refractivity contribution in [2.75, 3.05) is 11.8 Å². The van der Waals surface area contributed by atoms with Gasteiger partial charge in [0.15, 0.2) is 5.82 Å². The first-order valence-electron chi connectivity index (χ1n) is 10.8. The Morgan fingerprint density at radius 2 is 1.66 bits per heavy atom. The van der Waals surface area contributed by atoms with Crippen LogP contribution in [0.1, 0.15) is 15.9 Å². The number of anilines is 1. The van der Waals surface area contributed by atoms with Gasteiger partial charge < -0.3 is 9.72 Å². The van der Waals surface area contributed by atoms with E-state index in [1.165, 1.54) is 44.0 Å². The van der Waals surface area contributed by atoms with Crippen molar-refractivity contribution in [1.29, 1.82) is 0 Å². The third kappa shape index (κ3) is 4.43. The van der Waals surface area contributed by atoms with E-state index in [9.17, 15) is 22.0 Å². The molecule has 3 heterocycles. The highest BCUT2D eigenvalue weighted by atomic mass is 32.2. The number of aromatic amines is 1. The van der Waals surface area contributed by atoms with Gasteiger partial charge in [-0.2, -0.15) is 0 Å². The van der Waals surface area contributed by atoms with Crippen LogP contribution in [0.15, 0.2) is 72.1 Å². The molecule has 3 aromatic heterocycles. The first kappa shape index (κ1) is 24.9. The lowest BCUT2D eigenvalue weighted by Crippen LogP contribution is -2.17. The van der Waals surface area contributed by atoms with Crippen LogP contribution < -0.4 is 9.46 Å². The standard InChI is InChI=1S/C25H16F3N5O4S/c1-37-25-31-10-14(11-32-25)13-8-15-16(12-30-24(15)29-9-13)23(34)21-18(27)6-7-19(22(21)28)33-38(35,36)20-5-3-2-4-17(20)26/h2-12,33H,1H3,(H,29,30). The van der Waals surface area contributed by atoms with Crippen molar-refractivity contribution < 1.29 is 31.1 Å². The molecule has 0 amide bonds. The fraction of sp³-hybridized carbons (Fsp3) is 0.0400. The molecule has 0 aliphatic rings. The third-order valence-corrected chi connectivity index (χ3v) is 7.01. The minimum atomic E-state index is -4.59. The number of benzene rings is 2. The molecule has 9 nitrogen and oxygen atoms in total. The molecule has 5 aromatic rings. The van der Waals surface area contributed by atoms with E-state index in [-0.39, 0.29) is 22.6 Å². The van der Waals surface area contributed by atoms with E-state index in [1.807, 2.05) is 4.72 Å². The summed E-state index contributed by atoms with van der Waals surface area (Å²) in [6, 6.07) is 7.73. The molecule has 0 radical (unpaired) electrons. The highest BCUT2D eigenvalue weighted by Crippen LogP contribution is 2.30. The van der Waals surface area contributed by atoms with Crippen LogP contribution in [0.2, 0.25) is 0 Å². The highest BCUT2D eigenvalue weighted by Gasteiger charge is 2.27. The Morgan fingerprint density at radius 1 is 0.947 bits per heavy atom. The van der Waals surface area contributed by atoms with E-state index in [4.69, 9.17) is 4.74 Å². The molecule has 0 saturated heterocycles. The normalized spacial score (nSPS) is 11.5. The van der Waals surface area contributed by atoms with Crippen molar-refractivity contribution in [3.63, 3.8) is 0 Å².